The van der Waals surface area contributed by atoms with Gasteiger partial charge in [-0.05, 0) is 17.7 Å². The number of hydrogen-bond donors (Lipinski definition) is 2. The normalized spacial score (nSPS) is 13.1. The van der Waals surface area contributed by atoms with Crippen molar-refractivity contribution in [2.24, 2.45) is 0 Å². The van der Waals surface area contributed by atoms with Crippen molar-refractivity contribution in [1.29, 1.82) is 0 Å². The van der Waals surface area contributed by atoms with Crippen LogP contribution in [0.3, 0.4) is 0 Å². The number of hydrogen-bond acceptors (Lipinski definition) is 4. The van der Waals surface area contributed by atoms with E-state index in [1.165, 1.54) is 0 Å². The average Bonchev–Trinajstić information content (AvgIpc) is 2.84. The molecule has 0 radical (unpaired) electrons. The lowest BCUT2D eigenvalue weighted by molar-refractivity contribution is 0.174. The van der Waals surface area contributed by atoms with Crippen LogP contribution in [-0.2, 0) is 0 Å². The van der Waals surface area contributed by atoms with Crippen LogP contribution in [0.5, 0.6) is 11.5 Å². The maximum Gasteiger partial charge on any atom is 0.231 e. The Morgan fingerprint density at radius 3 is 2.93 bits per heavy atom. The maximum atomic E-state index is 5.73. The van der Waals surface area contributed by atoms with Gasteiger partial charge in [0.25, 0.3) is 0 Å². The van der Waals surface area contributed by atoms with Crippen molar-refractivity contribution >= 4 is 5.82 Å². The van der Waals surface area contributed by atoms with Gasteiger partial charge in [-0.15, -0.1) is 0 Å². The Kier molecular flexibility index (Phi) is 1.58. The maximum absolute atomic E-state index is 5.73. The van der Waals surface area contributed by atoms with Crippen LogP contribution in [0.2, 0.25) is 0 Å². The van der Waals surface area contributed by atoms with Crippen LogP contribution in [-0.4, -0.2) is 17.0 Å². The number of nitrogen functional groups attached to an aromatic ring is 1. The fourth-order valence-electron chi connectivity index (χ4n) is 1.59. The van der Waals surface area contributed by atoms with Gasteiger partial charge in [0.2, 0.25) is 6.79 Å². The third-order valence-corrected chi connectivity index (χ3v) is 2.35. The molecule has 76 valence electrons. The van der Waals surface area contributed by atoms with Gasteiger partial charge in [0, 0.05) is 5.56 Å². The number of aromatic amines is 1. The summed E-state index contributed by atoms with van der Waals surface area (Å²) in [5.41, 5.74) is 7.56. The predicted molar refractivity (Wildman–Crippen MR) is 54.6 cm³/mol. The molecule has 5 nitrogen and oxygen atoms in total. The molecule has 0 amide bonds. The van der Waals surface area contributed by atoms with Crippen LogP contribution in [0.15, 0.2) is 24.4 Å². The second-order valence-electron chi connectivity index (χ2n) is 3.27. The Bertz CT molecular complexity index is 507. The predicted octanol–water partition coefficient (Wildman–Crippen LogP) is 1.39. The molecule has 2 heterocycles. The van der Waals surface area contributed by atoms with Crippen LogP contribution in [0.25, 0.3) is 11.1 Å². The Labute approximate surface area is 85.8 Å². The minimum atomic E-state index is 0.277. The second kappa shape index (κ2) is 2.91. The number of rotatable bonds is 1. The van der Waals surface area contributed by atoms with Gasteiger partial charge in [0.15, 0.2) is 11.5 Å². The van der Waals surface area contributed by atoms with Gasteiger partial charge in [-0.25, -0.2) is 0 Å². The van der Waals surface area contributed by atoms with Crippen LogP contribution in [0, 0.1) is 0 Å². The van der Waals surface area contributed by atoms with E-state index in [1.807, 2.05) is 18.2 Å². The number of ether oxygens (including phenoxy) is 2. The van der Waals surface area contributed by atoms with Crippen molar-refractivity contribution in [1.82, 2.24) is 10.2 Å². The largest absolute Gasteiger partial charge is 0.454 e. The first kappa shape index (κ1) is 8.16. The van der Waals surface area contributed by atoms with E-state index in [-0.39, 0.29) is 6.79 Å². The van der Waals surface area contributed by atoms with Gasteiger partial charge < -0.3 is 15.2 Å². The highest BCUT2D eigenvalue weighted by molar-refractivity contribution is 5.75. The fraction of sp³-hybridized carbons (Fsp3) is 0.100. The van der Waals surface area contributed by atoms with E-state index in [4.69, 9.17) is 15.2 Å². The molecule has 0 unspecified atom stereocenters. The highest BCUT2D eigenvalue weighted by Gasteiger charge is 2.15. The Hall–Kier alpha value is -2.17. The number of fused-ring (bicyclic) bond motifs is 1. The molecule has 3 N–H and O–H groups in total. The van der Waals surface area contributed by atoms with E-state index < -0.39 is 0 Å². The zero-order chi connectivity index (χ0) is 10.3. The summed E-state index contributed by atoms with van der Waals surface area (Å²) < 4.78 is 10.5. The van der Waals surface area contributed by atoms with Crippen molar-refractivity contribution in [2.45, 2.75) is 0 Å². The summed E-state index contributed by atoms with van der Waals surface area (Å²) in [6.07, 6.45) is 1.69. The fourth-order valence-corrected chi connectivity index (χ4v) is 1.59. The number of aromatic nitrogens is 2. The van der Waals surface area contributed by atoms with Gasteiger partial charge in [0.05, 0.1) is 6.20 Å². The van der Waals surface area contributed by atoms with Gasteiger partial charge in [-0.2, -0.15) is 5.10 Å². The molecule has 2 aromatic rings. The standard InChI is InChI=1S/C10H9N3O2/c11-10-7(4-12-13-10)6-1-2-8-9(3-6)15-5-14-8/h1-4H,5H2,(H3,11,12,13). The van der Waals surface area contributed by atoms with Crippen molar-refractivity contribution in [3.05, 3.63) is 24.4 Å². The third kappa shape index (κ3) is 1.20. The molecular formula is C10H9N3O2. The van der Waals surface area contributed by atoms with Crippen molar-refractivity contribution in [2.75, 3.05) is 12.5 Å². The van der Waals surface area contributed by atoms with E-state index in [1.54, 1.807) is 6.20 Å². The first-order valence-electron chi connectivity index (χ1n) is 4.53. The highest BCUT2D eigenvalue weighted by atomic mass is 16.7. The lowest BCUT2D eigenvalue weighted by Crippen LogP contribution is -1.92. The molecule has 0 fully saturated rings. The molecule has 1 aliphatic rings. The summed E-state index contributed by atoms with van der Waals surface area (Å²) in [4.78, 5) is 0. The Balaban J connectivity index is 2.11. The zero-order valence-corrected chi connectivity index (χ0v) is 7.86. The van der Waals surface area contributed by atoms with E-state index in [2.05, 4.69) is 10.2 Å². The number of H-pyrrole nitrogens is 1. The molecule has 0 saturated carbocycles. The Morgan fingerprint density at radius 1 is 1.27 bits per heavy atom. The lowest BCUT2D eigenvalue weighted by atomic mass is 10.1. The molecule has 0 spiro atoms. The Morgan fingerprint density at radius 2 is 2.13 bits per heavy atom. The highest BCUT2D eigenvalue weighted by Crippen LogP contribution is 2.36. The first-order valence-corrected chi connectivity index (χ1v) is 4.53. The number of anilines is 1. The molecule has 0 atom stereocenters. The van der Waals surface area contributed by atoms with Crippen molar-refractivity contribution < 1.29 is 9.47 Å². The van der Waals surface area contributed by atoms with Crippen LogP contribution in [0.4, 0.5) is 5.82 Å². The minimum absolute atomic E-state index is 0.277. The molecule has 1 aromatic heterocycles. The van der Waals surface area contributed by atoms with Gasteiger partial charge in [-0.3, -0.25) is 5.10 Å². The van der Waals surface area contributed by atoms with Crippen LogP contribution < -0.4 is 15.2 Å². The quantitative estimate of drug-likeness (QED) is 0.734. The van der Waals surface area contributed by atoms with E-state index in [0.717, 1.165) is 22.6 Å². The SMILES string of the molecule is Nc1[nH]ncc1-c1ccc2c(c1)OCO2. The smallest absolute Gasteiger partial charge is 0.231 e. The van der Waals surface area contributed by atoms with Gasteiger partial charge in [0.1, 0.15) is 5.82 Å². The molecule has 1 aromatic carbocycles. The number of nitrogens with one attached hydrogen (secondary N) is 1. The molecule has 3 rings (SSSR count). The summed E-state index contributed by atoms with van der Waals surface area (Å²) in [6.45, 7) is 0.277. The number of nitrogens with zero attached hydrogens (tertiary/aromatic N) is 1. The van der Waals surface area contributed by atoms with E-state index >= 15 is 0 Å². The zero-order valence-electron chi connectivity index (χ0n) is 7.86. The topological polar surface area (TPSA) is 73.2 Å². The molecule has 1 aliphatic heterocycles. The number of nitrogens with two attached hydrogens (primary N) is 1. The van der Waals surface area contributed by atoms with E-state index in [0.29, 0.717) is 5.82 Å². The van der Waals surface area contributed by atoms with Crippen LogP contribution >= 0.6 is 0 Å². The van der Waals surface area contributed by atoms with Gasteiger partial charge >= 0.3 is 0 Å². The number of benzene rings is 1. The molecule has 0 aliphatic carbocycles. The lowest BCUT2D eigenvalue weighted by Gasteiger charge is -2.01. The summed E-state index contributed by atoms with van der Waals surface area (Å²) in [7, 11) is 0. The molecule has 5 heteroatoms. The summed E-state index contributed by atoms with van der Waals surface area (Å²) in [5, 5.41) is 6.56. The molecule has 15 heavy (non-hydrogen) atoms. The van der Waals surface area contributed by atoms with Crippen LogP contribution in [0.1, 0.15) is 0 Å². The summed E-state index contributed by atoms with van der Waals surface area (Å²) in [5.74, 6) is 2.06. The summed E-state index contributed by atoms with van der Waals surface area (Å²) >= 11 is 0. The third-order valence-electron chi connectivity index (χ3n) is 2.35. The van der Waals surface area contributed by atoms with E-state index in [9.17, 15) is 0 Å². The molecule has 0 saturated heterocycles. The van der Waals surface area contributed by atoms with Crippen molar-refractivity contribution in [3.8, 4) is 22.6 Å². The molecule has 0 bridgehead atoms. The van der Waals surface area contributed by atoms with Gasteiger partial charge in [-0.1, -0.05) is 6.07 Å². The summed E-state index contributed by atoms with van der Waals surface area (Å²) in [6, 6.07) is 5.68. The molecular weight excluding hydrogens is 194 g/mol. The average molecular weight is 203 g/mol. The minimum Gasteiger partial charge on any atom is -0.454 e. The first-order chi connectivity index (χ1) is 7.34. The monoisotopic (exact) mass is 203 g/mol. The second-order valence-corrected chi connectivity index (χ2v) is 3.27. The van der Waals surface area contributed by atoms with Crippen molar-refractivity contribution in [3.63, 3.8) is 0 Å².